The van der Waals surface area contributed by atoms with Crippen LogP contribution in [0.25, 0.3) is 0 Å². The Labute approximate surface area is 128 Å². The van der Waals surface area contributed by atoms with Crippen LogP contribution < -0.4 is 10.6 Å². The van der Waals surface area contributed by atoms with E-state index in [4.69, 9.17) is 11.6 Å². The molecule has 20 heavy (non-hydrogen) atoms. The molecule has 0 aromatic heterocycles. The first-order valence-electron chi connectivity index (χ1n) is 6.69. The van der Waals surface area contributed by atoms with E-state index in [9.17, 15) is 4.39 Å². The fourth-order valence-electron chi connectivity index (χ4n) is 2.11. The van der Waals surface area contributed by atoms with Gasteiger partial charge in [0.2, 0.25) is 0 Å². The third kappa shape index (κ3) is 4.28. The molecule has 0 spiro atoms. The number of guanidine groups is 1. The van der Waals surface area contributed by atoms with E-state index < -0.39 is 0 Å². The Morgan fingerprint density at radius 2 is 2.35 bits per heavy atom. The SMILES string of the molecule is CN=C(NCc1c(F)cccc1Cl)NCC1CCCS1. The van der Waals surface area contributed by atoms with Crippen molar-refractivity contribution in [1.29, 1.82) is 0 Å². The molecule has 0 bridgehead atoms. The first-order valence-corrected chi connectivity index (χ1v) is 8.12. The maximum absolute atomic E-state index is 13.6. The van der Waals surface area contributed by atoms with Gasteiger partial charge in [-0.15, -0.1) is 0 Å². The fraction of sp³-hybridized carbons (Fsp3) is 0.500. The third-order valence-corrected chi connectivity index (χ3v) is 4.99. The summed E-state index contributed by atoms with van der Waals surface area (Å²) in [5, 5.41) is 7.44. The summed E-state index contributed by atoms with van der Waals surface area (Å²) < 4.78 is 13.6. The van der Waals surface area contributed by atoms with Gasteiger partial charge in [-0.1, -0.05) is 17.7 Å². The first-order chi connectivity index (χ1) is 9.70. The fourth-order valence-corrected chi connectivity index (χ4v) is 3.54. The van der Waals surface area contributed by atoms with Crippen molar-refractivity contribution >= 4 is 29.3 Å². The standard InChI is InChI=1S/C14H19ClFN3S/c1-17-14(18-8-10-4-3-7-20-10)19-9-11-12(15)5-2-6-13(11)16/h2,5-6,10H,3-4,7-9H2,1H3,(H2,17,18,19). The van der Waals surface area contributed by atoms with E-state index in [2.05, 4.69) is 15.6 Å². The molecule has 1 aromatic rings. The van der Waals surface area contributed by atoms with Crippen molar-refractivity contribution in [3.63, 3.8) is 0 Å². The first kappa shape index (κ1) is 15.4. The van der Waals surface area contributed by atoms with Gasteiger partial charge in [0.1, 0.15) is 5.82 Å². The molecule has 0 amide bonds. The van der Waals surface area contributed by atoms with E-state index in [1.165, 1.54) is 24.7 Å². The van der Waals surface area contributed by atoms with E-state index in [0.29, 0.717) is 28.3 Å². The van der Waals surface area contributed by atoms with Gasteiger partial charge >= 0.3 is 0 Å². The maximum atomic E-state index is 13.6. The second-order valence-electron chi connectivity index (χ2n) is 4.64. The molecule has 110 valence electrons. The molecule has 6 heteroatoms. The van der Waals surface area contributed by atoms with Crippen LogP contribution in [-0.2, 0) is 6.54 Å². The van der Waals surface area contributed by atoms with Gasteiger partial charge in [-0.25, -0.2) is 4.39 Å². The second-order valence-corrected chi connectivity index (χ2v) is 6.46. The molecule has 1 aromatic carbocycles. The van der Waals surface area contributed by atoms with E-state index in [0.717, 1.165) is 6.54 Å². The number of hydrogen-bond donors (Lipinski definition) is 2. The van der Waals surface area contributed by atoms with Crippen LogP contribution in [0.2, 0.25) is 5.02 Å². The van der Waals surface area contributed by atoms with Gasteiger partial charge < -0.3 is 10.6 Å². The van der Waals surface area contributed by atoms with Crippen molar-refractivity contribution in [3.8, 4) is 0 Å². The second kappa shape index (κ2) is 7.74. The molecule has 1 aliphatic rings. The lowest BCUT2D eigenvalue weighted by molar-refractivity contribution is 0.604. The molecule has 1 fully saturated rings. The summed E-state index contributed by atoms with van der Waals surface area (Å²) in [5.41, 5.74) is 0.465. The lowest BCUT2D eigenvalue weighted by atomic mass is 10.2. The molecule has 0 aliphatic carbocycles. The summed E-state index contributed by atoms with van der Waals surface area (Å²) in [6.45, 7) is 1.21. The lowest BCUT2D eigenvalue weighted by Gasteiger charge is -2.15. The molecule has 1 heterocycles. The van der Waals surface area contributed by atoms with Crippen molar-refractivity contribution in [2.24, 2.45) is 4.99 Å². The van der Waals surface area contributed by atoms with Crippen LogP contribution in [0.1, 0.15) is 18.4 Å². The summed E-state index contributed by atoms with van der Waals surface area (Å²) in [4.78, 5) is 4.14. The zero-order valence-electron chi connectivity index (χ0n) is 11.5. The van der Waals surface area contributed by atoms with Gasteiger partial charge in [-0.05, 0) is 30.7 Å². The average molecular weight is 316 g/mol. The maximum Gasteiger partial charge on any atom is 0.191 e. The van der Waals surface area contributed by atoms with Gasteiger partial charge in [-0.3, -0.25) is 4.99 Å². The van der Waals surface area contributed by atoms with E-state index in [-0.39, 0.29) is 5.82 Å². The van der Waals surface area contributed by atoms with E-state index in [1.807, 2.05) is 11.8 Å². The molecule has 0 radical (unpaired) electrons. The van der Waals surface area contributed by atoms with Gasteiger partial charge in [0.15, 0.2) is 5.96 Å². The third-order valence-electron chi connectivity index (χ3n) is 3.24. The average Bonchev–Trinajstić information content (AvgIpc) is 2.94. The molecule has 1 unspecified atom stereocenters. The number of halogens is 2. The highest BCUT2D eigenvalue weighted by Crippen LogP contribution is 2.25. The Bertz CT molecular complexity index is 455. The molecule has 1 atom stereocenters. The molecule has 1 aliphatic heterocycles. The van der Waals surface area contributed by atoms with Gasteiger partial charge in [0.25, 0.3) is 0 Å². The van der Waals surface area contributed by atoms with Gasteiger partial charge in [0, 0.05) is 36.0 Å². The zero-order valence-corrected chi connectivity index (χ0v) is 13.0. The minimum atomic E-state index is -0.299. The highest BCUT2D eigenvalue weighted by molar-refractivity contribution is 8.00. The summed E-state index contributed by atoms with van der Waals surface area (Å²) in [7, 11) is 1.71. The van der Waals surface area contributed by atoms with Crippen LogP contribution >= 0.6 is 23.4 Å². The predicted octanol–water partition coefficient (Wildman–Crippen LogP) is 3.04. The van der Waals surface area contributed by atoms with Crippen LogP contribution in [0.5, 0.6) is 0 Å². The largest absolute Gasteiger partial charge is 0.355 e. The minimum absolute atomic E-state index is 0.299. The zero-order chi connectivity index (χ0) is 14.4. The summed E-state index contributed by atoms with van der Waals surface area (Å²) in [6.07, 6.45) is 2.53. The number of nitrogens with one attached hydrogen (secondary N) is 2. The number of hydrogen-bond acceptors (Lipinski definition) is 2. The van der Waals surface area contributed by atoms with Crippen LogP contribution in [0, 0.1) is 5.82 Å². The molecule has 0 saturated carbocycles. The molecule has 2 rings (SSSR count). The monoisotopic (exact) mass is 315 g/mol. The Morgan fingerprint density at radius 1 is 1.50 bits per heavy atom. The lowest BCUT2D eigenvalue weighted by Crippen LogP contribution is -2.39. The van der Waals surface area contributed by atoms with Crippen molar-refractivity contribution < 1.29 is 4.39 Å². The Balaban J connectivity index is 1.84. The molecular formula is C14H19ClFN3S. The van der Waals surface area contributed by atoms with Crippen molar-refractivity contribution in [1.82, 2.24) is 10.6 Å². The molecule has 3 nitrogen and oxygen atoms in total. The Morgan fingerprint density at radius 3 is 3.00 bits per heavy atom. The van der Waals surface area contributed by atoms with Crippen LogP contribution in [0.15, 0.2) is 23.2 Å². The summed E-state index contributed by atoms with van der Waals surface area (Å²) >= 11 is 7.98. The molecular weight excluding hydrogens is 297 g/mol. The smallest absolute Gasteiger partial charge is 0.191 e. The number of benzene rings is 1. The number of thioether (sulfide) groups is 1. The highest BCUT2D eigenvalue weighted by atomic mass is 35.5. The number of rotatable bonds is 4. The minimum Gasteiger partial charge on any atom is -0.355 e. The van der Waals surface area contributed by atoms with Crippen LogP contribution in [0.4, 0.5) is 4.39 Å². The quantitative estimate of drug-likeness (QED) is 0.662. The number of aliphatic imine (C=N–C) groups is 1. The predicted molar refractivity (Wildman–Crippen MR) is 85.1 cm³/mol. The molecule has 2 N–H and O–H groups in total. The van der Waals surface area contributed by atoms with Crippen LogP contribution in [-0.4, -0.2) is 30.6 Å². The van der Waals surface area contributed by atoms with Crippen molar-refractivity contribution in [2.75, 3.05) is 19.3 Å². The topological polar surface area (TPSA) is 36.4 Å². The Kier molecular flexibility index (Phi) is 5.98. The Hall–Kier alpha value is -0.940. The van der Waals surface area contributed by atoms with E-state index >= 15 is 0 Å². The highest BCUT2D eigenvalue weighted by Gasteiger charge is 2.15. The van der Waals surface area contributed by atoms with E-state index in [1.54, 1.807) is 19.2 Å². The number of nitrogens with zero attached hydrogens (tertiary/aromatic N) is 1. The summed E-state index contributed by atoms with van der Waals surface area (Å²) in [6, 6.07) is 4.70. The molecule has 1 saturated heterocycles. The van der Waals surface area contributed by atoms with Gasteiger partial charge in [-0.2, -0.15) is 11.8 Å². The normalized spacial score (nSPS) is 19.1. The van der Waals surface area contributed by atoms with Crippen molar-refractivity contribution in [3.05, 3.63) is 34.6 Å². The van der Waals surface area contributed by atoms with Gasteiger partial charge in [0.05, 0.1) is 0 Å². The summed E-state index contributed by atoms with van der Waals surface area (Å²) in [5.74, 6) is 1.62. The van der Waals surface area contributed by atoms with Crippen molar-refractivity contribution in [2.45, 2.75) is 24.6 Å². The van der Waals surface area contributed by atoms with Crippen LogP contribution in [0.3, 0.4) is 0 Å².